The van der Waals surface area contributed by atoms with Crippen molar-refractivity contribution in [3.8, 4) is 11.1 Å². The van der Waals surface area contributed by atoms with Crippen LogP contribution in [0, 0.1) is 11.7 Å². The van der Waals surface area contributed by atoms with Crippen LogP contribution in [-0.4, -0.2) is 189 Å². The molecule has 4 fully saturated rings. The average Bonchev–Trinajstić information content (AvgIpc) is 1.58. The fourth-order valence-corrected chi connectivity index (χ4v) is 15.7. The number of piperidine rings is 2. The minimum Gasteiger partial charge on any atom is -0.446 e. The summed E-state index contributed by atoms with van der Waals surface area (Å²) in [7, 11) is 5.40. The van der Waals surface area contributed by atoms with Crippen molar-refractivity contribution in [2.75, 3.05) is 118 Å². The second-order valence-corrected chi connectivity index (χ2v) is 29.1. The number of benzene rings is 5. The number of carbonyl (C=O) groups excluding carboxylic acids is 5. The largest absolute Gasteiger partial charge is 0.446 e. The SMILES string of the molecule is CN(CCN1CCC(OC(=O)Nc2ccccc2-c2ccccc2)CC1)C(=O)CCCCCN(Cc1ccc(C(=O)N(C)CCCN(C)C(=O)CO[C@H]2Cc3ccccc3C23CCN(CC[C@]2(c4ccc(F)cc4)CN(C(=O)c4cc(C(F)(F)F)cc(C(F)(F)F)c4)CO2)CC3)s1)CC1CC1.Cl.Cl.Cl. The van der Waals surface area contributed by atoms with Gasteiger partial charge in [0, 0.05) is 108 Å². The van der Waals surface area contributed by atoms with E-state index in [1.54, 1.807) is 23.9 Å². The topological polar surface area (TPSA) is 148 Å². The van der Waals surface area contributed by atoms with Gasteiger partial charge in [0.1, 0.15) is 30.9 Å². The predicted molar refractivity (Wildman–Crippen MR) is 394 cm³/mol. The Morgan fingerprint density at radius 2 is 1.31 bits per heavy atom. The number of nitrogens with one attached hydrogen (secondary N) is 1. The number of fused-ring (bicyclic) bond motifs is 2. The summed E-state index contributed by atoms with van der Waals surface area (Å²) in [5.74, 6) is -1.01. The smallest absolute Gasteiger partial charge is 0.416 e. The third-order valence-corrected chi connectivity index (χ3v) is 21.9. The van der Waals surface area contributed by atoms with Gasteiger partial charge in [0.05, 0.1) is 34.3 Å². The molecule has 5 amide bonds. The monoisotopic (exact) mass is 1530 g/mol. The number of para-hydroxylation sites is 1. The molecule has 0 unspecified atom stereocenters. The molecule has 5 aliphatic rings. The van der Waals surface area contributed by atoms with Crippen molar-refractivity contribution in [2.24, 2.45) is 5.92 Å². The maximum Gasteiger partial charge on any atom is 0.416 e. The number of alkyl halides is 6. The van der Waals surface area contributed by atoms with Crippen molar-refractivity contribution in [2.45, 2.75) is 126 Å². The van der Waals surface area contributed by atoms with Crippen molar-refractivity contribution < 1.29 is 68.9 Å². The molecule has 1 N–H and O–H groups in total. The molecule has 1 aromatic heterocycles. The number of ether oxygens (including phenoxy) is 3. The van der Waals surface area contributed by atoms with E-state index in [-0.39, 0.29) is 92.8 Å². The number of hydrogen-bond acceptors (Lipinski definition) is 12. The Morgan fingerprint density at radius 3 is 2.00 bits per heavy atom. The fourth-order valence-electron chi connectivity index (χ4n) is 14.6. The van der Waals surface area contributed by atoms with Crippen LogP contribution >= 0.6 is 48.6 Å². The molecule has 2 aliphatic carbocycles. The number of likely N-dealkylation sites (tertiary alicyclic amines) is 2. The van der Waals surface area contributed by atoms with Crippen LogP contribution in [-0.2, 0) is 60.1 Å². The molecule has 1 spiro atoms. The van der Waals surface area contributed by atoms with Crippen molar-refractivity contribution in [3.05, 3.63) is 182 Å². The number of thiophene rings is 1. The van der Waals surface area contributed by atoms with E-state index in [2.05, 4.69) is 38.2 Å². The summed E-state index contributed by atoms with van der Waals surface area (Å²) in [6.07, 6.45) is -1.26. The molecule has 16 nitrogen and oxygen atoms in total. The van der Waals surface area contributed by atoms with Crippen LogP contribution < -0.4 is 5.32 Å². The van der Waals surface area contributed by atoms with E-state index in [1.165, 1.54) is 54.0 Å². The third kappa shape index (κ3) is 21.5. The number of rotatable bonds is 29. The lowest BCUT2D eigenvalue weighted by molar-refractivity contribution is -0.143. The lowest BCUT2D eigenvalue weighted by Gasteiger charge is -2.44. The van der Waals surface area contributed by atoms with Gasteiger partial charge in [0.15, 0.2) is 0 Å². The fraction of sp³-hybridized carbons (Fsp3) is 0.494. The minimum absolute atomic E-state index is 0. The maximum absolute atomic E-state index is 14.3. The molecular formula is C77H94Cl3F7N8O8S. The van der Waals surface area contributed by atoms with Crippen LogP contribution in [0.4, 0.5) is 41.2 Å². The Kier molecular flexibility index (Phi) is 29.5. The summed E-state index contributed by atoms with van der Waals surface area (Å²) in [6, 6.07) is 36.0. The van der Waals surface area contributed by atoms with Crippen LogP contribution in [0.1, 0.15) is 130 Å². The molecule has 0 radical (unpaired) electrons. The summed E-state index contributed by atoms with van der Waals surface area (Å²) >= 11 is 1.52. The van der Waals surface area contributed by atoms with Crippen molar-refractivity contribution in [1.29, 1.82) is 0 Å². The number of hydrogen-bond donors (Lipinski definition) is 1. The van der Waals surface area contributed by atoms with Gasteiger partial charge in [-0.2, -0.15) is 26.3 Å². The van der Waals surface area contributed by atoms with Gasteiger partial charge in [-0.1, -0.05) is 91.3 Å². The Morgan fingerprint density at radius 1 is 0.663 bits per heavy atom. The molecule has 27 heteroatoms. The second kappa shape index (κ2) is 37.1. The minimum atomic E-state index is -5.15. The van der Waals surface area contributed by atoms with Crippen LogP contribution in [0.2, 0.25) is 0 Å². The second-order valence-electron chi connectivity index (χ2n) is 27.9. The molecule has 6 aromatic rings. The molecule has 104 heavy (non-hydrogen) atoms. The van der Waals surface area contributed by atoms with Crippen LogP contribution in [0.15, 0.2) is 133 Å². The molecule has 566 valence electrons. The van der Waals surface area contributed by atoms with Gasteiger partial charge in [-0.3, -0.25) is 29.4 Å². The van der Waals surface area contributed by atoms with E-state index in [0.29, 0.717) is 106 Å². The highest BCUT2D eigenvalue weighted by atomic mass is 35.5. The highest BCUT2D eigenvalue weighted by Gasteiger charge is 2.50. The van der Waals surface area contributed by atoms with Gasteiger partial charge in [-0.25, -0.2) is 9.18 Å². The van der Waals surface area contributed by atoms with E-state index in [1.807, 2.05) is 84.7 Å². The van der Waals surface area contributed by atoms with Crippen molar-refractivity contribution in [3.63, 3.8) is 0 Å². The lowest BCUT2D eigenvalue weighted by Crippen LogP contribution is -2.50. The van der Waals surface area contributed by atoms with Crippen molar-refractivity contribution >= 4 is 84.0 Å². The molecule has 4 heterocycles. The van der Waals surface area contributed by atoms with Gasteiger partial charge >= 0.3 is 18.4 Å². The first-order chi connectivity index (χ1) is 48.4. The number of halogens is 10. The van der Waals surface area contributed by atoms with Crippen LogP contribution in [0.25, 0.3) is 11.1 Å². The number of amides is 5. The first-order valence-electron chi connectivity index (χ1n) is 35.2. The standard InChI is InChI=1S/C77H91F7N8O8S.3ClH/c1-86(70(94)51-98-68-47-56-17-9-11-19-65(56)74(68)32-40-90(41-33-74)42-34-75(58-24-26-61(78)27-25-58)52-92(53-99-75)71(95)57-45-59(76(79,80)81)48-60(46-57)77(82,83)84)35-14-36-88(3)72(96)67-29-28-63(101-67)50-91(49-54-22-23-54)37-13-5-8-21-69(93)87(2)43-44-89-38-30-62(31-39-89)100-73(97)85-66-20-12-10-18-64(66)55-15-6-4-7-16-55;;;/h4,6-7,9-12,15-20,24-29,45-46,48,54,62,68H,5,8,13-14,21-23,30-44,47,49-53H2,1-3H3,(H,85,97);3*1H/t68-,75+;;;/m0.../s1. The summed E-state index contributed by atoms with van der Waals surface area (Å²) in [5.41, 5.74) is -0.198. The molecule has 11 rings (SSSR count). The Bertz CT molecular complexity index is 3790. The number of nitrogens with zero attached hydrogens (tertiary/aromatic N) is 7. The Balaban J connectivity index is 0.00000456. The average molecular weight is 1530 g/mol. The molecule has 1 saturated carbocycles. The Labute approximate surface area is 627 Å². The zero-order valence-electron chi connectivity index (χ0n) is 58.9. The Hall–Kier alpha value is -6.87. The molecule has 0 bridgehead atoms. The molecular weight excluding hydrogens is 1440 g/mol. The first-order valence-corrected chi connectivity index (χ1v) is 36.0. The van der Waals surface area contributed by atoms with Crippen molar-refractivity contribution in [1.82, 2.24) is 34.3 Å². The lowest BCUT2D eigenvalue weighted by atomic mass is 9.72. The molecule has 3 aliphatic heterocycles. The highest BCUT2D eigenvalue weighted by Crippen LogP contribution is 2.49. The zero-order chi connectivity index (χ0) is 71.5. The van der Waals surface area contributed by atoms with E-state index < -0.39 is 64.6 Å². The third-order valence-electron chi connectivity index (χ3n) is 20.8. The number of unbranched alkanes of at least 4 members (excludes halogenated alkanes) is 2. The van der Waals surface area contributed by atoms with E-state index in [4.69, 9.17) is 14.2 Å². The van der Waals surface area contributed by atoms with Crippen LogP contribution in [0.3, 0.4) is 0 Å². The summed E-state index contributed by atoms with van der Waals surface area (Å²) in [5, 5.41) is 2.94. The van der Waals surface area contributed by atoms with E-state index in [0.717, 1.165) is 97.8 Å². The van der Waals surface area contributed by atoms with Crippen LogP contribution in [0.5, 0.6) is 0 Å². The molecule has 2 atom stereocenters. The van der Waals surface area contributed by atoms with E-state index >= 15 is 0 Å². The van der Waals surface area contributed by atoms with Gasteiger partial charge in [-0.05, 0) is 167 Å². The first kappa shape index (κ1) is 82.8. The highest BCUT2D eigenvalue weighted by molar-refractivity contribution is 7.14. The summed E-state index contributed by atoms with van der Waals surface area (Å²) < 4.78 is 116. The van der Waals surface area contributed by atoms with E-state index in [9.17, 15) is 54.7 Å². The van der Waals surface area contributed by atoms with Gasteiger partial charge in [0.2, 0.25) is 11.8 Å². The normalized spacial score (nSPS) is 18.3. The van der Waals surface area contributed by atoms with Gasteiger partial charge in [0.25, 0.3) is 11.8 Å². The maximum atomic E-state index is 14.3. The summed E-state index contributed by atoms with van der Waals surface area (Å²) in [4.78, 5) is 82.5. The predicted octanol–water partition coefficient (Wildman–Crippen LogP) is 15.1. The summed E-state index contributed by atoms with van der Waals surface area (Å²) in [6.45, 7) is 7.40. The number of anilines is 1. The molecule has 3 saturated heterocycles. The quantitative estimate of drug-likeness (QED) is 0.0353. The van der Waals surface area contributed by atoms with Gasteiger partial charge < -0.3 is 43.6 Å². The molecule has 5 aromatic carbocycles. The van der Waals surface area contributed by atoms with Gasteiger partial charge in [-0.15, -0.1) is 48.6 Å². The zero-order valence-corrected chi connectivity index (χ0v) is 62.2. The number of likely N-dealkylation sites (N-methyl/N-ethyl adjacent to an activating group) is 2. The number of carbonyl (C=O) groups is 5.